The number of aromatic nitrogens is 2. The second kappa shape index (κ2) is 10.9. The Kier molecular flexibility index (Phi) is 7.56. The molecular formula is C28H29Cl2N3O5. The fourth-order valence-electron chi connectivity index (χ4n) is 5.02. The molecule has 8 nitrogen and oxygen atoms in total. The highest BCUT2D eigenvalue weighted by atomic mass is 35.5. The summed E-state index contributed by atoms with van der Waals surface area (Å²) in [7, 11) is 1.88. The number of rotatable bonds is 7. The number of nitrogens with zero attached hydrogens (tertiary/aromatic N) is 3. The molecule has 0 spiro atoms. The van der Waals surface area contributed by atoms with Gasteiger partial charge in [0.2, 0.25) is 0 Å². The van der Waals surface area contributed by atoms with Crippen LogP contribution in [0.15, 0.2) is 47.1 Å². The van der Waals surface area contributed by atoms with Crippen molar-refractivity contribution < 1.29 is 23.9 Å². The minimum atomic E-state index is -1.32. The van der Waals surface area contributed by atoms with E-state index in [1.165, 1.54) is 0 Å². The van der Waals surface area contributed by atoms with Crippen LogP contribution in [-0.4, -0.2) is 40.2 Å². The summed E-state index contributed by atoms with van der Waals surface area (Å²) >= 11 is 12.9. The van der Waals surface area contributed by atoms with Crippen molar-refractivity contribution >= 4 is 45.9 Å². The van der Waals surface area contributed by atoms with Crippen molar-refractivity contribution in [2.45, 2.75) is 45.3 Å². The molecule has 0 unspecified atom stereocenters. The highest BCUT2D eigenvalue weighted by molar-refractivity contribution is 6.39. The van der Waals surface area contributed by atoms with Crippen molar-refractivity contribution in [1.82, 2.24) is 9.72 Å². The summed E-state index contributed by atoms with van der Waals surface area (Å²) < 4.78 is 18.9. The molecule has 200 valence electrons. The third-order valence-electron chi connectivity index (χ3n) is 6.95. The van der Waals surface area contributed by atoms with Gasteiger partial charge >= 0.3 is 6.16 Å². The van der Waals surface area contributed by atoms with E-state index in [4.69, 9.17) is 42.3 Å². The highest BCUT2D eigenvalue weighted by Gasteiger charge is 2.26. The van der Waals surface area contributed by atoms with Crippen LogP contribution in [0, 0.1) is 0 Å². The maximum Gasteiger partial charge on any atom is 0.511 e. The van der Waals surface area contributed by atoms with E-state index in [1.807, 2.05) is 23.7 Å². The van der Waals surface area contributed by atoms with Crippen LogP contribution in [0.2, 0.25) is 10.0 Å². The normalized spacial score (nSPS) is 14.5. The lowest BCUT2D eigenvalue weighted by molar-refractivity contribution is 0.0245. The van der Waals surface area contributed by atoms with Crippen LogP contribution in [0.1, 0.15) is 43.9 Å². The minimum Gasteiger partial charge on any atom is -0.449 e. The summed E-state index contributed by atoms with van der Waals surface area (Å²) in [6, 6.07) is 11.4. The molecule has 3 heterocycles. The zero-order chi connectivity index (χ0) is 27.0. The third-order valence-corrected chi connectivity index (χ3v) is 7.58. The number of fused-ring (bicyclic) bond motifs is 1. The van der Waals surface area contributed by atoms with Crippen LogP contribution in [0.3, 0.4) is 0 Å². The molecule has 10 heteroatoms. The molecule has 5 rings (SSSR count). The van der Waals surface area contributed by atoms with Crippen molar-refractivity contribution in [2.75, 3.05) is 18.0 Å². The quantitative estimate of drug-likeness (QED) is 0.235. The molecule has 1 fully saturated rings. The fraction of sp³-hybridized carbons (Fsp3) is 0.357. The molecule has 1 saturated heterocycles. The predicted octanol–water partition coefficient (Wildman–Crippen LogP) is 7.51. The standard InChI is InChI=1S/C28H29Cl2N3O5/c1-16(2)27-20(26(31-38-27)25-21(29)5-4-6-22(25)30)15-36-18-9-11-33(12-10-18)17-7-8-19-23(13-17)32(3)14-24(19)37-28(34)35/h4-8,13-14,16,18H,9-12,15H2,1-3H3,(H,34,35). The van der Waals surface area contributed by atoms with Gasteiger partial charge in [0.25, 0.3) is 0 Å². The predicted molar refractivity (Wildman–Crippen MR) is 148 cm³/mol. The number of aryl methyl sites for hydroxylation is 1. The van der Waals surface area contributed by atoms with Crippen molar-refractivity contribution in [2.24, 2.45) is 7.05 Å². The topological polar surface area (TPSA) is 90.0 Å². The first kappa shape index (κ1) is 26.4. The number of halogens is 2. The number of hydrogen-bond acceptors (Lipinski definition) is 6. The third kappa shape index (κ3) is 5.21. The second-order valence-corrected chi connectivity index (χ2v) is 10.6. The molecule has 1 aliphatic rings. The molecule has 0 atom stereocenters. The lowest BCUT2D eigenvalue weighted by atomic mass is 10.0. The summed E-state index contributed by atoms with van der Waals surface area (Å²) in [6.45, 7) is 6.15. The maximum absolute atomic E-state index is 11.0. The van der Waals surface area contributed by atoms with Gasteiger partial charge in [0.15, 0.2) is 5.75 Å². The number of benzene rings is 2. The van der Waals surface area contributed by atoms with Gasteiger partial charge in [-0.3, -0.25) is 0 Å². The Labute approximate surface area is 230 Å². The Morgan fingerprint density at radius 1 is 1.18 bits per heavy atom. The molecule has 0 aliphatic carbocycles. The number of piperidine rings is 1. The van der Waals surface area contributed by atoms with E-state index in [1.54, 1.807) is 24.4 Å². The summed E-state index contributed by atoms with van der Waals surface area (Å²) in [5.74, 6) is 1.24. The lowest BCUT2D eigenvalue weighted by Crippen LogP contribution is -2.37. The first-order valence-corrected chi connectivity index (χ1v) is 13.3. The van der Waals surface area contributed by atoms with Crippen LogP contribution in [-0.2, 0) is 18.4 Å². The van der Waals surface area contributed by atoms with Gasteiger partial charge in [-0.25, -0.2) is 4.79 Å². The monoisotopic (exact) mass is 557 g/mol. The van der Waals surface area contributed by atoms with E-state index in [-0.39, 0.29) is 12.0 Å². The Morgan fingerprint density at radius 2 is 1.89 bits per heavy atom. The van der Waals surface area contributed by atoms with Crippen molar-refractivity contribution in [3.63, 3.8) is 0 Å². The van der Waals surface area contributed by atoms with Crippen LogP contribution in [0.25, 0.3) is 22.2 Å². The van der Waals surface area contributed by atoms with Crippen LogP contribution in [0.5, 0.6) is 5.75 Å². The van der Waals surface area contributed by atoms with E-state index >= 15 is 0 Å². The van der Waals surface area contributed by atoms with Crippen LogP contribution < -0.4 is 9.64 Å². The Morgan fingerprint density at radius 3 is 2.55 bits per heavy atom. The fourth-order valence-corrected chi connectivity index (χ4v) is 5.60. The van der Waals surface area contributed by atoms with Crippen molar-refractivity contribution in [3.05, 3.63) is 64.0 Å². The van der Waals surface area contributed by atoms with Gasteiger partial charge in [-0.15, -0.1) is 0 Å². The van der Waals surface area contributed by atoms with Crippen LogP contribution in [0.4, 0.5) is 10.5 Å². The van der Waals surface area contributed by atoms with E-state index in [0.717, 1.165) is 53.8 Å². The summed E-state index contributed by atoms with van der Waals surface area (Å²) in [4.78, 5) is 13.3. The first-order valence-electron chi connectivity index (χ1n) is 12.5. The molecule has 0 radical (unpaired) electrons. The van der Waals surface area contributed by atoms with E-state index < -0.39 is 6.16 Å². The minimum absolute atomic E-state index is 0.0880. The molecule has 2 aromatic heterocycles. The summed E-state index contributed by atoms with van der Waals surface area (Å²) in [5, 5.41) is 15.1. The number of hydrogen-bond donors (Lipinski definition) is 1. The van der Waals surface area contributed by atoms with Crippen molar-refractivity contribution in [3.8, 4) is 17.0 Å². The molecule has 0 amide bonds. The maximum atomic E-state index is 11.0. The summed E-state index contributed by atoms with van der Waals surface area (Å²) in [6.07, 6.45) is 2.18. The first-order chi connectivity index (χ1) is 18.2. The van der Waals surface area contributed by atoms with Gasteiger partial charge in [0.05, 0.1) is 28.3 Å². The molecule has 2 aromatic carbocycles. The number of ether oxygens (including phenoxy) is 2. The van der Waals surface area contributed by atoms with E-state index in [9.17, 15) is 4.79 Å². The highest BCUT2D eigenvalue weighted by Crippen LogP contribution is 2.39. The van der Waals surface area contributed by atoms with Crippen LogP contribution >= 0.6 is 23.2 Å². The molecule has 1 aliphatic heterocycles. The summed E-state index contributed by atoms with van der Waals surface area (Å²) in [5.41, 5.74) is 4.16. The molecule has 38 heavy (non-hydrogen) atoms. The second-order valence-electron chi connectivity index (χ2n) is 9.80. The van der Waals surface area contributed by atoms with Gasteiger partial charge < -0.3 is 28.6 Å². The number of carboxylic acid groups (broad SMARTS) is 1. The van der Waals surface area contributed by atoms with Gasteiger partial charge in [0, 0.05) is 54.5 Å². The zero-order valence-electron chi connectivity index (χ0n) is 21.4. The van der Waals surface area contributed by atoms with E-state index in [0.29, 0.717) is 33.7 Å². The Hall–Kier alpha value is -3.20. The Balaban J connectivity index is 1.27. The number of anilines is 1. The molecule has 4 aromatic rings. The van der Waals surface area contributed by atoms with Gasteiger partial charge in [0.1, 0.15) is 11.5 Å². The number of carbonyl (C=O) groups is 1. The zero-order valence-corrected chi connectivity index (χ0v) is 22.9. The molecule has 1 N–H and O–H groups in total. The average Bonchev–Trinajstić information content (AvgIpc) is 3.43. The lowest BCUT2D eigenvalue weighted by Gasteiger charge is -2.33. The molecular weight excluding hydrogens is 529 g/mol. The van der Waals surface area contributed by atoms with Gasteiger partial charge in [-0.1, -0.05) is 48.3 Å². The van der Waals surface area contributed by atoms with E-state index in [2.05, 4.69) is 30.0 Å². The molecule has 0 saturated carbocycles. The van der Waals surface area contributed by atoms with Gasteiger partial charge in [-0.2, -0.15) is 0 Å². The Bertz CT molecular complexity index is 1450. The largest absolute Gasteiger partial charge is 0.511 e. The van der Waals surface area contributed by atoms with Gasteiger partial charge in [-0.05, 0) is 43.2 Å². The SMILES string of the molecule is CC(C)c1onc(-c2c(Cl)cccc2Cl)c1COC1CCN(c2ccc3c(OC(=O)O)cn(C)c3c2)CC1. The smallest absolute Gasteiger partial charge is 0.449 e. The average molecular weight is 558 g/mol. The van der Waals surface area contributed by atoms with Crippen molar-refractivity contribution in [1.29, 1.82) is 0 Å². The molecule has 0 bridgehead atoms.